The number of methoxy groups -OCH3 is 3. The Morgan fingerprint density at radius 2 is 1.77 bits per heavy atom. The van der Waals surface area contributed by atoms with Crippen LogP contribution in [0.4, 0.5) is 0 Å². The van der Waals surface area contributed by atoms with Crippen molar-refractivity contribution >= 4 is 40.7 Å². The van der Waals surface area contributed by atoms with Crippen LogP contribution in [0.25, 0.3) is 5.76 Å². The van der Waals surface area contributed by atoms with Gasteiger partial charge in [-0.1, -0.05) is 42.3 Å². The summed E-state index contributed by atoms with van der Waals surface area (Å²) in [4.78, 5) is 27.6. The highest BCUT2D eigenvalue weighted by molar-refractivity contribution is 6.47. The Kier molecular flexibility index (Phi) is 8.88. The van der Waals surface area contributed by atoms with E-state index in [-0.39, 0.29) is 45.8 Å². The number of likely N-dealkylation sites (tertiary alicyclic amines) is 1. The Bertz CT molecular complexity index is 1150. The fourth-order valence-electron chi connectivity index (χ4n) is 3.93. The van der Waals surface area contributed by atoms with E-state index in [1.807, 2.05) is 6.92 Å². The van der Waals surface area contributed by atoms with Crippen LogP contribution in [0.3, 0.4) is 0 Å². The number of rotatable bonds is 10. The Balaban J connectivity index is 2.25. The molecule has 10 heteroatoms. The number of amides is 1. The highest BCUT2D eigenvalue weighted by atomic mass is 35.5. The van der Waals surface area contributed by atoms with Crippen LogP contribution in [0.2, 0.25) is 10.0 Å². The van der Waals surface area contributed by atoms with Gasteiger partial charge in [-0.05, 0) is 30.2 Å². The van der Waals surface area contributed by atoms with Crippen molar-refractivity contribution in [3.05, 3.63) is 57.1 Å². The van der Waals surface area contributed by atoms with Crippen molar-refractivity contribution in [2.75, 3.05) is 41.1 Å². The van der Waals surface area contributed by atoms with Gasteiger partial charge in [-0.15, -0.1) is 0 Å². The molecule has 3 rings (SSSR count). The van der Waals surface area contributed by atoms with Crippen LogP contribution in [-0.4, -0.2) is 62.8 Å². The molecule has 1 unspecified atom stereocenters. The molecular formula is C25H27Cl2NO7. The van der Waals surface area contributed by atoms with Crippen molar-refractivity contribution in [1.82, 2.24) is 4.90 Å². The molecule has 2 aromatic rings. The van der Waals surface area contributed by atoms with Crippen molar-refractivity contribution in [1.29, 1.82) is 0 Å². The standard InChI is InChI=1S/C25H27Cl2NO7/c1-5-10-35-15-8-6-7-14(12-15)20-18(22(30)25(31)28(20)9-11-32-2)21(29)16-13-17(26)24(34-4)19(27)23(16)33-3/h6-8,12-13,20,29H,5,9-11H2,1-4H3/b21-18+. The van der Waals surface area contributed by atoms with Crippen LogP contribution < -0.4 is 14.2 Å². The topological polar surface area (TPSA) is 94.5 Å². The van der Waals surface area contributed by atoms with Crippen LogP contribution >= 0.6 is 23.2 Å². The zero-order chi connectivity index (χ0) is 25.7. The minimum absolute atomic E-state index is 0.0178. The molecule has 1 atom stereocenters. The molecule has 1 aliphatic rings. The van der Waals surface area contributed by atoms with Crippen LogP contribution in [0.1, 0.15) is 30.5 Å². The van der Waals surface area contributed by atoms with Gasteiger partial charge < -0.3 is 29.0 Å². The number of ether oxygens (including phenoxy) is 4. The molecule has 1 saturated heterocycles. The summed E-state index contributed by atoms with van der Waals surface area (Å²) < 4.78 is 21.5. The molecule has 35 heavy (non-hydrogen) atoms. The Morgan fingerprint density at radius 3 is 2.40 bits per heavy atom. The van der Waals surface area contributed by atoms with E-state index in [0.717, 1.165) is 6.42 Å². The molecule has 0 spiro atoms. The van der Waals surface area contributed by atoms with E-state index in [9.17, 15) is 14.7 Å². The van der Waals surface area contributed by atoms with Crippen LogP contribution in [0.5, 0.6) is 17.2 Å². The molecule has 0 radical (unpaired) electrons. The Labute approximate surface area is 213 Å². The van der Waals surface area contributed by atoms with E-state index in [1.165, 1.54) is 32.3 Å². The van der Waals surface area contributed by atoms with Crippen molar-refractivity contribution < 1.29 is 33.6 Å². The van der Waals surface area contributed by atoms with Gasteiger partial charge in [0.2, 0.25) is 0 Å². The molecule has 0 bridgehead atoms. The quantitative estimate of drug-likeness (QED) is 0.269. The SMILES string of the molecule is CCCOc1cccc(C2/C(=C(\O)c3cc(Cl)c(OC)c(Cl)c3OC)C(=O)C(=O)N2CCOC)c1. The smallest absolute Gasteiger partial charge is 0.295 e. The number of hydrogen-bond donors (Lipinski definition) is 1. The maximum Gasteiger partial charge on any atom is 0.295 e. The number of aliphatic hydroxyl groups excluding tert-OH is 1. The summed E-state index contributed by atoms with van der Waals surface area (Å²) in [5.41, 5.74) is 0.505. The summed E-state index contributed by atoms with van der Waals surface area (Å²) in [6, 6.07) is 7.52. The number of Topliss-reactive ketones (excluding diaryl/α,β-unsaturated/α-hetero) is 1. The van der Waals surface area contributed by atoms with E-state index in [0.29, 0.717) is 17.9 Å². The second kappa shape index (κ2) is 11.7. The lowest BCUT2D eigenvalue weighted by Gasteiger charge is -2.25. The zero-order valence-corrected chi connectivity index (χ0v) is 21.4. The molecule has 0 saturated carbocycles. The summed E-state index contributed by atoms with van der Waals surface area (Å²) in [6.45, 7) is 2.82. The predicted molar refractivity (Wildman–Crippen MR) is 133 cm³/mol. The van der Waals surface area contributed by atoms with Gasteiger partial charge in [0, 0.05) is 13.7 Å². The first kappa shape index (κ1) is 26.7. The lowest BCUT2D eigenvalue weighted by Crippen LogP contribution is -2.32. The van der Waals surface area contributed by atoms with Crippen molar-refractivity contribution in [3.8, 4) is 17.2 Å². The first-order chi connectivity index (χ1) is 16.8. The third-order valence-corrected chi connectivity index (χ3v) is 6.14. The van der Waals surface area contributed by atoms with E-state index in [1.54, 1.807) is 24.3 Å². The molecule has 2 aromatic carbocycles. The van der Waals surface area contributed by atoms with Gasteiger partial charge in [0.05, 0.1) is 49.6 Å². The Morgan fingerprint density at radius 1 is 1.06 bits per heavy atom. The molecule has 188 valence electrons. The number of carbonyl (C=O) groups excluding carboxylic acids is 2. The van der Waals surface area contributed by atoms with Gasteiger partial charge >= 0.3 is 0 Å². The second-order valence-corrected chi connectivity index (χ2v) is 8.48. The Hall–Kier alpha value is -2.94. The van der Waals surface area contributed by atoms with Crippen LogP contribution in [0.15, 0.2) is 35.9 Å². The summed E-state index contributed by atoms with van der Waals surface area (Å²) in [6.07, 6.45) is 0.815. The fourth-order valence-corrected chi connectivity index (χ4v) is 4.62. The summed E-state index contributed by atoms with van der Waals surface area (Å²) in [5.74, 6) is -1.31. The highest BCUT2D eigenvalue weighted by Crippen LogP contribution is 2.47. The van der Waals surface area contributed by atoms with Gasteiger partial charge in [-0.3, -0.25) is 9.59 Å². The van der Waals surface area contributed by atoms with Crippen molar-refractivity contribution in [2.24, 2.45) is 0 Å². The molecule has 1 amide bonds. The number of ketones is 1. The predicted octanol–water partition coefficient (Wildman–Crippen LogP) is 4.87. The monoisotopic (exact) mass is 523 g/mol. The highest BCUT2D eigenvalue weighted by Gasteiger charge is 2.46. The molecule has 1 N–H and O–H groups in total. The fraction of sp³-hybridized carbons (Fsp3) is 0.360. The molecular weight excluding hydrogens is 497 g/mol. The molecule has 0 aliphatic carbocycles. The lowest BCUT2D eigenvalue weighted by atomic mass is 9.94. The van der Waals surface area contributed by atoms with Crippen molar-refractivity contribution in [3.63, 3.8) is 0 Å². The zero-order valence-electron chi connectivity index (χ0n) is 19.9. The van der Waals surface area contributed by atoms with Crippen LogP contribution in [-0.2, 0) is 14.3 Å². The molecule has 8 nitrogen and oxygen atoms in total. The molecule has 1 aliphatic heterocycles. The van der Waals surface area contributed by atoms with Gasteiger partial charge in [0.25, 0.3) is 11.7 Å². The van der Waals surface area contributed by atoms with Gasteiger partial charge in [0.15, 0.2) is 11.5 Å². The molecule has 1 fully saturated rings. The average molecular weight is 524 g/mol. The maximum absolute atomic E-state index is 13.2. The first-order valence-electron chi connectivity index (χ1n) is 10.9. The summed E-state index contributed by atoms with van der Waals surface area (Å²) in [5, 5.41) is 11.5. The number of nitrogens with zero attached hydrogens (tertiary/aromatic N) is 1. The van der Waals surface area contributed by atoms with Gasteiger partial charge in [0.1, 0.15) is 16.5 Å². The number of carbonyl (C=O) groups is 2. The normalized spacial score (nSPS) is 17.1. The maximum atomic E-state index is 13.2. The molecule has 0 aromatic heterocycles. The number of halogens is 2. The minimum Gasteiger partial charge on any atom is -0.507 e. The van der Waals surface area contributed by atoms with E-state index >= 15 is 0 Å². The third kappa shape index (κ3) is 5.19. The largest absolute Gasteiger partial charge is 0.507 e. The lowest BCUT2D eigenvalue weighted by molar-refractivity contribution is -0.140. The van der Waals surface area contributed by atoms with Crippen molar-refractivity contribution in [2.45, 2.75) is 19.4 Å². The van der Waals surface area contributed by atoms with E-state index in [2.05, 4.69) is 0 Å². The third-order valence-electron chi connectivity index (χ3n) is 5.52. The number of hydrogen-bond acceptors (Lipinski definition) is 7. The molecule has 1 heterocycles. The summed E-state index contributed by atoms with van der Waals surface area (Å²) >= 11 is 12.7. The number of benzene rings is 2. The number of aliphatic hydroxyl groups is 1. The average Bonchev–Trinajstić information content (AvgIpc) is 3.10. The van der Waals surface area contributed by atoms with Gasteiger partial charge in [-0.2, -0.15) is 0 Å². The summed E-state index contributed by atoms with van der Waals surface area (Å²) in [7, 11) is 4.24. The minimum atomic E-state index is -0.903. The van der Waals surface area contributed by atoms with Gasteiger partial charge in [-0.25, -0.2) is 0 Å². The van der Waals surface area contributed by atoms with E-state index < -0.39 is 23.5 Å². The van der Waals surface area contributed by atoms with E-state index in [4.69, 9.17) is 42.1 Å². The first-order valence-corrected chi connectivity index (χ1v) is 11.7. The van der Waals surface area contributed by atoms with Crippen LogP contribution in [0, 0.1) is 0 Å². The second-order valence-electron chi connectivity index (χ2n) is 7.69.